The van der Waals surface area contributed by atoms with E-state index in [1.165, 1.54) is 12.8 Å². The third-order valence-electron chi connectivity index (χ3n) is 2.78. The van der Waals surface area contributed by atoms with Gasteiger partial charge in [0.1, 0.15) is 10.1 Å². The fourth-order valence-electron chi connectivity index (χ4n) is 2.00. The maximum atomic E-state index is 11.4. The average Bonchev–Trinajstić information content (AvgIpc) is 2.18. The molecule has 1 saturated carbocycles. The van der Waals surface area contributed by atoms with Crippen molar-refractivity contribution in [2.45, 2.75) is 38.6 Å². The summed E-state index contributed by atoms with van der Waals surface area (Å²) in [4.78, 5) is 11.4. The summed E-state index contributed by atoms with van der Waals surface area (Å²) >= 11 is 6.66. The van der Waals surface area contributed by atoms with E-state index in [0.717, 1.165) is 17.2 Å². The minimum absolute atomic E-state index is 0.175. The third-order valence-corrected chi connectivity index (χ3v) is 3.88. The molecular formula is C10H17NOS2. The third kappa shape index (κ3) is 3.24. The highest BCUT2D eigenvalue weighted by atomic mass is 32.2. The number of ketones is 1. The predicted molar refractivity (Wildman–Crippen MR) is 65.7 cm³/mol. The van der Waals surface area contributed by atoms with E-state index in [2.05, 4.69) is 5.32 Å². The van der Waals surface area contributed by atoms with Crippen molar-refractivity contribution in [2.24, 2.45) is 5.92 Å². The second-order valence-electron chi connectivity index (χ2n) is 3.74. The van der Waals surface area contributed by atoms with Crippen LogP contribution in [0.5, 0.6) is 0 Å². The second-order valence-corrected chi connectivity index (χ2v) is 5.23. The Bertz CT molecular complexity index is 230. The maximum absolute atomic E-state index is 11.4. The molecular weight excluding hydrogens is 214 g/mol. The van der Waals surface area contributed by atoms with Crippen molar-refractivity contribution in [3.8, 4) is 0 Å². The van der Waals surface area contributed by atoms with E-state index < -0.39 is 0 Å². The van der Waals surface area contributed by atoms with Crippen LogP contribution >= 0.6 is 24.0 Å². The van der Waals surface area contributed by atoms with Crippen molar-refractivity contribution < 1.29 is 4.79 Å². The highest BCUT2D eigenvalue weighted by molar-refractivity contribution is 8.22. The topological polar surface area (TPSA) is 29.1 Å². The molecule has 1 aliphatic rings. The molecule has 4 heteroatoms. The second kappa shape index (κ2) is 5.71. The Kier molecular flexibility index (Phi) is 4.89. The lowest BCUT2D eigenvalue weighted by Crippen LogP contribution is -2.43. The predicted octanol–water partition coefficient (Wildman–Crippen LogP) is 2.37. The first-order valence-corrected chi connectivity index (χ1v) is 6.63. The molecule has 0 unspecified atom stereocenters. The number of hydrogen-bond donors (Lipinski definition) is 1. The highest BCUT2D eigenvalue weighted by Crippen LogP contribution is 2.25. The summed E-state index contributed by atoms with van der Waals surface area (Å²) in [5.74, 6) is 0.472. The minimum atomic E-state index is 0.175. The van der Waals surface area contributed by atoms with Crippen molar-refractivity contribution in [3.05, 3.63) is 0 Å². The number of rotatable bonds is 2. The lowest BCUT2D eigenvalue weighted by Gasteiger charge is -2.30. The molecule has 2 atom stereocenters. The molecule has 80 valence electrons. The Labute approximate surface area is 95.2 Å². The molecule has 0 radical (unpaired) electrons. The summed E-state index contributed by atoms with van der Waals surface area (Å²) in [5, 5.41) is 3.27. The van der Waals surface area contributed by atoms with Crippen LogP contribution in [0.3, 0.4) is 0 Å². The summed E-state index contributed by atoms with van der Waals surface area (Å²) in [6, 6.07) is 0.279. The minimum Gasteiger partial charge on any atom is -0.368 e. The zero-order valence-electron chi connectivity index (χ0n) is 8.71. The Hall–Kier alpha value is -0.0900. The largest absolute Gasteiger partial charge is 0.368 e. The average molecular weight is 231 g/mol. The van der Waals surface area contributed by atoms with Crippen molar-refractivity contribution >= 4 is 34.1 Å². The smallest absolute Gasteiger partial charge is 0.134 e. The Morgan fingerprint density at radius 1 is 1.43 bits per heavy atom. The zero-order valence-corrected chi connectivity index (χ0v) is 10.3. The van der Waals surface area contributed by atoms with E-state index >= 15 is 0 Å². The first kappa shape index (κ1) is 12.0. The van der Waals surface area contributed by atoms with E-state index in [0.29, 0.717) is 5.78 Å². The molecule has 0 aromatic rings. The first-order chi connectivity index (χ1) is 6.65. The molecule has 0 amide bonds. The van der Waals surface area contributed by atoms with Gasteiger partial charge in [0.05, 0.1) is 0 Å². The number of carbonyl (C=O) groups excluding carboxylic acids is 1. The van der Waals surface area contributed by atoms with E-state index in [1.54, 1.807) is 18.7 Å². The number of nitrogens with one attached hydrogen (secondary N) is 1. The molecule has 0 saturated heterocycles. The summed E-state index contributed by atoms with van der Waals surface area (Å²) < 4.78 is 0.808. The van der Waals surface area contributed by atoms with Gasteiger partial charge in [0.25, 0.3) is 0 Å². The van der Waals surface area contributed by atoms with Crippen LogP contribution in [0.25, 0.3) is 0 Å². The normalized spacial score (nSPS) is 27.0. The monoisotopic (exact) mass is 231 g/mol. The molecule has 1 fully saturated rings. The number of thioether (sulfide) groups is 1. The van der Waals surface area contributed by atoms with E-state index in [-0.39, 0.29) is 12.0 Å². The van der Waals surface area contributed by atoms with Gasteiger partial charge in [0.2, 0.25) is 0 Å². The fraction of sp³-hybridized carbons (Fsp3) is 0.800. The van der Waals surface area contributed by atoms with Crippen LogP contribution in [-0.2, 0) is 4.79 Å². The van der Waals surface area contributed by atoms with Crippen LogP contribution in [0.2, 0.25) is 0 Å². The molecule has 14 heavy (non-hydrogen) atoms. The standard InChI is InChI=1S/C10H17NOS2/c1-7(12)8-5-3-4-6-9(8)11-10(13)14-2/h8-9H,3-6H2,1-2H3,(H,11,13)/t8-,9+/m0/s1. The van der Waals surface area contributed by atoms with Gasteiger partial charge in [0, 0.05) is 12.0 Å². The molecule has 0 aromatic carbocycles. The molecule has 1 aliphatic carbocycles. The SMILES string of the molecule is CSC(=S)N[C@@H]1CCCC[C@H]1C(C)=O. The molecule has 2 nitrogen and oxygen atoms in total. The molecule has 0 aliphatic heterocycles. The van der Waals surface area contributed by atoms with E-state index in [1.807, 2.05) is 6.26 Å². The van der Waals surface area contributed by atoms with Crippen LogP contribution in [0, 0.1) is 5.92 Å². The molecule has 1 rings (SSSR count). The quantitative estimate of drug-likeness (QED) is 0.739. The number of Topliss-reactive ketones (excluding diaryl/α,β-unsaturated/α-hetero) is 1. The summed E-state index contributed by atoms with van der Waals surface area (Å²) in [6.07, 6.45) is 6.43. The molecule has 0 bridgehead atoms. The lowest BCUT2D eigenvalue weighted by atomic mass is 9.82. The van der Waals surface area contributed by atoms with Gasteiger partial charge in [-0.05, 0) is 26.0 Å². The van der Waals surface area contributed by atoms with Crippen molar-refractivity contribution in [1.82, 2.24) is 5.32 Å². The summed E-state index contributed by atoms with van der Waals surface area (Å²) in [5.41, 5.74) is 0. The van der Waals surface area contributed by atoms with Gasteiger partial charge in [-0.2, -0.15) is 0 Å². The molecule has 1 N–H and O–H groups in total. The summed E-state index contributed by atoms with van der Waals surface area (Å²) in [7, 11) is 0. The molecule has 0 aromatic heterocycles. The Morgan fingerprint density at radius 3 is 2.64 bits per heavy atom. The van der Waals surface area contributed by atoms with Crippen LogP contribution in [-0.4, -0.2) is 22.4 Å². The van der Waals surface area contributed by atoms with Gasteiger partial charge in [-0.1, -0.05) is 25.1 Å². The van der Waals surface area contributed by atoms with Gasteiger partial charge < -0.3 is 5.32 Å². The maximum Gasteiger partial charge on any atom is 0.134 e. The van der Waals surface area contributed by atoms with E-state index in [9.17, 15) is 4.79 Å². The van der Waals surface area contributed by atoms with Crippen LogP contribution in [0.15, 0.2) is 0 Å². The van der Waals surface area contributed by atoms with Gasteiger partial charge >= 0.3 is 0 Å². The van der Waals surface area contributed by atoms with Crippen LogP contribution in [0.4, 0.5) is 0 Å². The van der Waals surface area contributed by atoms with Crippen LogP contribution < -0.4 is 5.32 Å². The number of thiocarbonyl (C=S) groups is 1. The highest BCUT2D eigenvalue weighted by Gasteiger charge is 2.28. The fourth-order valence-corrected chi connectivity index (χ4v) is 2.42. The Balaban J connectivity index is 2.54. The van der Waals surface area contributed by atoms with Crippen molar-refractivity contribution in [2.75, 3.05) is 6.26 Å². The van der Waals surface area contributed by atoms with Gasteiger partial charge in [-0.25, -0.2) is 0 Å². The van der Waals surface area contributed by atoms with Gasteiger partial charge in [-0.3, -0.25) is 4.79 Å². The van der Waals surface area contributed by atoms with E-state index in [4.69, 9.17) is 12.2 Å². The first-order valence-electron chi connectivity index (χ1n) is 5.00. The van der Waals surface area contributed by atoms with Crippen molar-refractivity contribution in [1.29, 1.82) is 0 Å². The van der Waals surface area contributed by atoms with Crippen LogP contribution in [0.1, 0.15) is 32.6 Å². The van der Waals surface area contributed by atoms with Crippen molar-refractivity contribution in [3.63, 3.8) is 0 Å². The van der Waals surface area contributed by atoms with Gasteiger partial charge in [-0.15, -0.1) is 11.8 Å². The van der Waals surface area contributed by atoms with Gasteiger partial charge in [0.15, 0.2) is 0 Å². The lowest BCUT2D eigenvalue weighted by molar-refractivity contribution is -0.122. The number of carbonyl (C=O) groups is 1. The summed E-state index contributed by atoms with van der Waals surface area (Å²) in [6.45, 7) is 1.69. The zero-order chi connectivity index (χ0) is 10.6. The molecule has 0 spiro atoms. The molecule has 0 heterocycles. The number of hydrogen-bond acceptors (Lipinski definition) is 3. The Morgan fingerprint density at radius 2 is 2.07 bits per heavy atom.